The van der Waals surface area contributed by atoms with Gasteiger partial charge >= 0.3 is 0 Å². The van der Waals surface area contributed by atoms with Crippen LogP contribution in [-0.4, -0.2) is 6.04 Å². The fourth-order valence-electron chi connectivity index (χ4n) is 2.42. The summed E-state index contributed by atoms with van der Waals surface area (Å²) in [5.74, 6) is 0. The van der Waals surface area contributed by atoms with Gasteiger partial charge < -0.3 is 5.32 Å². The Labute approximate surface area is 130 Å². The number of halogens is 2. The lowest BCUT2D eigenvalue weighted by molar-refractivity contribution is 0.477. The van der Waals surface area contributed by atoms with Gasteiger partial charge in [-0.25, -0.2) is 0 Å². The molecule has 0 bridgehead atoms. The monoisotopic (exact) mass is 307 g/mol. The Hall–Kier alpha value is -1.02. The van der Waals surface area contributed by atoms with Gasteiger partial charge in [-0.2, -0.15) is 0 Å². The Kier molecular flexibility index (Phi) is 5.47. The van der Waals surface area contributed by atoms with Crippen LogP contribution >= 0.6 is 23.2 Å². The Bertz CT molecular complexity index is 568. The summed E-state index contributed by atoms with van der Waals surface area (Å²) in [6.07, 6.45) is 0.940. The first-order valence-corrected chi connectivity index (χ1v) is 7.57. The van der Waals surface area contributed by atoms with E-state index in [4.69, 9.17) is 23.2 Å². The minimum atomic E-state index is 0.220. The van der Waals surface area contributed by atoms with E-state index in [0.717, 1.165) is 22.0 Å². The van der Waals surface area contributed by atoms with E-state index in [2.05, 4.69) is 31.3 Å². The fourth-order valence-corrected chi connectivity index (χ4v) is 2.93. The van der Waals surface area contributed by atoms with Crippen LogP contribution in [0.4, 0.5) is 0 Å². The first-order chi connectivity index (χ1) is 9.56. The van der Waals surface area contributed by atoms with Crippen LogP contribution in [0.5, 0.6) is 0 Å². The molecule has 0 saturated heterocycles. The standard InChI is InChI=1S/C17H19Cl2N/c1-12(10-14-6-5-7-15(18)11-14)20-13(2)16-8-3-4-9-17(16)19/h3-9,11-13,20H,10H2,1-2H3. The Morgan fingerprint density at radius 1 is 1.00 bits per heavy atom. The molecule has 0 radical (unpaired) electrons. The molecule has 2 unspecified atom stereocenters. The minimum absolute atomic E-state index is 0.220. The number of rotatable bonds is 5. The maximum atomic E-state index is 6.23. The molecule has 2 rings (SSSR count). The Balaban J connectivity index is 1.98. The van der Waals surface area contributed by atoms with Gasteiger partial charge in [0.15, 0.2) is 0 Å². The highest BCUT2D eigenvalue weighted by molar-refractivity contribution is 6.31. The molecule has 0 heterocycles. The van der Waals surface area contributed by atoms with Crippen molar-refractivity contribution in [2.24, 2.45) is 0 Å². The number of benzene rings is 2. The minimum Gasteiger partial charge on any atom is -0.307 e. The Morgan fingerprint density at radius 3 is 2.45 bits per heavy atom. The normalized spacial score (nSPS) is 14.0. The van der Waals surface area contributed by atoms with Gasteiger partial charge in [0.1, 0.15) is 0 Å². The molecule has 3 heteroatoms. The van der Waals surface area contributed by atoms with Gasteiger partial charge in [0, 0.05) is 22.1 Å². The molecule has 1 N–H and O–H groups in total. The highest BCUT2D eigenvalue weighted by Crippen LogP contribution is 2.23. The predicted molar refractivity (Wildman–Crippen MR) is 87.6 cm³/mol. The van der Waals surface area contributed by atoms with Crippen molar-refractivity contribution in [3.63, 3.8) is 0 Å². The van der Waals surface area contributed by atoms with E-state index in [0.29, 0.717) is 6.04 Å². The van der Waals surface area contributed by atoms with Crippen molar-refractivity contribution >= 4 is 23.2 Å². The molecule has 1 nitrogen and oxygen atoms in total. The van der Waals surface area contributed by atoms with Crippen molar-refractivity contribution in [2.75, 3.05) is 0 Å². The summed E-state index contributed by atoms with van der Waals surface area (Å²) in [4.78, 5) is 0. The van der Waals surface area contributed by atoms with Gasteiger partial charge in [-0.05, 0) is 49.6 Å². The van der Waals surface area contributed by atoms with Gasteiger partial charge in [0.05, 0.1) is 0 Å². The van der Waals surface area contributed by atoms with Crippen molar-refractivity contribution < 1.29 is 0 Å². The molecule has 2 aromatic carbocycles. The van der Waals surface area contributed by atoms with Crippen molar-refractivity contribution in [1.82, 2.24) is 5.32 Å². The summed E-state index contributed by atoms with van der Waals surface area (Å²) in [6.45, 7) is 4.31. The lowest BCUT2D eigenvalue weighted by atomic mass is 10.0. The molecular formula is C17H19Cl2N. The first-order valence-electron chi connectivity index (χ1n) is 6.81. The van der Waals surface area contributed by atoms with Crippen molar-refractivity contribution in [3.05, 3.63) is 69.7 Å². The molecule has 2 atom stereocenters. The van der Waals surface area contributed by atoms with Crippen LogP contribution in [0, 0.1) is 0 Å². The summed E-state index contributed by atoms with van der Waals surface area (Å²) in [5.41, 5.74) is 2.37. The average molecular weight is 308 g/mol. The van der Waals surface area contributed by atoms with Crippen LogP contribution in [0.25, 0.3) is 0 Å². The predicted octanol–water partition coefficient (Wildman–Crippen LogP) is 5.28. The van der Waals surface area contributed by atoms with E-state index in [1.165, 1.54) is 5.56 Å². The number of hydrogen-bond donors (Lipinski definition) is 1. The molecule has 0 spiro atoms. The second-order valence-electron chi connectivity index (χ2n) is 5.14. The topological polar surface area (TPSA) is 12.0 Å². The van der Waals surface area contributed by atoms with Crippen LogP contribution in [0.1, 0.15) is 31.0 Å². The number of hydrogen-bond acceptors (Lipinski definition) is 1. The van der Waals surface area contributed by atoms with Gasteiger partial charge in [0.25, 0.3) is 0 Å². The van der Waals surface area contributed by atoms with Crippen LogP contribution in [0.2, 0.25) is 10.0 Å². The lowest BCUT2D eigenvalue weighted by Crippen LogP contribution is -2.30. The summed E-state index contributed by atoms with van der Waals surface area (Å²) >= 11 is 12.2. The van der Waals surface area contributed by atoms with E-state index >= 15 is 0 Å². The van der Waals surface area contributed by atoms with Gasteiger partial charge in [-0.1, -0.05) is 53.5 Å². The maximum Gasteiger partial charge on any atom is 0.0453 e. The van der Waals surface area contributed by atoms with E-state index in [1.807, 2.05) is 36.4 Å². The smallest absolute Gasteiger partial charge is 0.0453 e. The second kappa shape index (κ2) is 7.12. The zero-order valence-corrected chi connectivity index (χ0v) is 13.2. The van der Waals surface area contributed by atoms with Crippen LogP contribution in [0.3, 0.4) is 0 Å². The van der Waals surface area contributed by atoms with E-state index in [9.17, 15) is 0 Å². The maximum absolute atomic E-state index is 6.23. The van der Waals surface area contributed by atoms with Gasteiger partial charge in [-0.3, -0.25) is 0 Å². The quantitative estimate of drug-likeness (QED) is 0.793. The van der Waals surface area contributed by atoms with Crippen LogP contribution in [-0.2, 0) is 6.42 Å². The zero-order valence-electron chi connectivity index (χ0n) is 11.7. The van der Waals surface area contributed by atoms with Crippen LogP contribution in [0.15, 0.2) is 48.5 Å². The largest absolute Gasteiger partial charge is 0.307 e. The van der Waals surface area contributed by atoms with E-state index in [1.54, 1.807) is 0 Å². The summed E-state index contributed by atoms with van der Waals surface area (Å²) in [5, 5.41) is 5.17. The SMILES string of the molecule is CC(Cc1cccc(Cl)c1)NC(C)c1ccccc1Cl. The molecule has 0 aliphatic rings. The highest BCUT2D eigenvalue weighted by atomic mass is 35.5. The van der Waals surface area contributed by atoms with E-state index in [-0.39, 0.29) is 6.04 Å². The zero-order chi connectivity index (χ0) is 14.5. The number of nitrogens with one attached hydrogen (secondary N) is 1. The third kappa shape index (κ3) is 4.24. The third-order valence-corrected chi connectivity index (χ3v) is 3.92. The summed E-state index contributed by atoms with van der Waals surface area (Å²) in [7, 11) is 0. The molecule has 0 aliphatic carbocycles. The van der Waals surface area contributed by atoms with Gasteiger partial charge in [0.2, 0.25) is 0 Å². The fraction of sp³-hybridized carbons (Fsp3) is 0.294. The second-order valence-corrected chi connectivity index (χ2v) is 5.99. The summed E-state index contributed by atoms with van der Waals surface area (Å²) < 4.78 is 0. The molecule has 0 fully saturated rings. The first kappa shape index (κ1) is 15.4. The highest BCUT2D eigenvalue weighted by Gasteiger charge is 2.12. The third-order valence-electron chi connectivity index (χ3n) is 3.34. The molecular weight excluding hydrogens is 289 g/mol. The van der Waals surface area contributed by atoms with Crippen LogP contribution < -0.4 is 5.32 Å². The van der Waals surface area contributed by atoms with E-state index < -0.39 is 0 Å². The Morgan fingerprint density at radius 2 is 1.75 bits per heavy atom. The van der Waals surface area contributed by atoms with Crippen molar-refractivity contribution in [1.29, 1.82) is 0 Å². The molecule has 0 amide bonds. The molecule has 2 aromatic rings. The molecule has 20 heavy (non-hydrogen) atoms. The molecule has 0 aromatic heterocycles. The molecule has 0 aliphatic heterocycles. The molecule has 0 saturated carbocycles. The average Bonchev–Trinajstić information content (AvgIpc) is 2.38. The lowest BCUT2D eigenvalue weighted by Gasteiger charge is -2.21. The van der Waals surface area contributed by atoms with Crippen molar-refractivity contribution in [2.45, 2.75) is 32.4 Å². The van der Waals surface area contributed by atoms with Gasteiger partial charge in [-0.15, -0.1) is 0 Å². The molecule has 106 valence electrons. The summed E-state index contributed by atoms with van der Waals surface area (Å²) in [6, 6.07) is 16.5. The van der Waals surface area contributed by atoms with Crippen molar-refractivity contribution in [3.8, 4) is 0 Å².